The lowest BCUT2D eigenvalue weighted by atomic mass is 9.96. The number of methoxy groups -OCH3 is 3. The Labute approximate surface area is 248 Å². The topological polar surface area (TPSA) is 80.7 Å². The van der Waals surface area contributed by atoms with Crippen molar-refractivity contribution in [1.29, 1.82) is 0 Å². The molecule has 1 aliphatic rings. The van der Waals surface area contributed by atoms with Crippen LogP contribution in [0, 0.1) is 13.8 Å². The van der Waals surface area contributed by atoms with Crippen LogP contribution in [0.1, 0.15) is 50.6 Å². The van der Waals surface area contributed by atoms with Gasteiger partial charge in [-0.2, -0.15) is 18.3 Å². The van der Waals surface area contributed by atoms with Gasteiger partial charge in [-0.1, -0.05) is 18.2 Å². The highest BCUT2D eigenvalue weighted by Crippen LogP contribution is 2.38. The molecule has 0 saturated heterocycles. The van der Waals surface area contributed by atoms with Crippen molar-refractivity contribution in [1.82, 2.24) is 9.91 Å². The number of hydrogen-bond acceptors (Lipinski definition) is 6. The van der Waals surface area contributed by atoms with Gasteiger partial charge in [-0.15, -0.1) is 0 Å². The number of benzene rings is 3. The van der Waals surface area contributed by atoms with E-state index < -0.39 is 29.6 Å². The highest BCUT2D eigenvalue weighted by Gasteiger charge is 2.35. The molecule has 4 rings (SSSR count). The third kappa shape index (κ3) is 7.16. The summed E-state index contributed by atoms with van der Waals surface area (Å²) in [5.74, 6) is -0.0362. The predicted octanol–water partition coefficient (Wildman–Crippen LogP) is 5.81. The molecule has 8 nitrogen and oxygen atoms in total. The predicted molar refractivity (Wildman–Crippen MR) is 155 cm³/mol. The zero-order chi connectivity index (χ0) is 31.3. The van der Waals surface area contributed by atoms with Crippen LogP contribution in [-0.2, 0) is 15.7 Å². The summed E-state index contributed by atoms with van der Waals surface area (Å²) in [6.45, 7) is 3.82. The van der Waals surface area contributed by atoms with Gasteiger partial charge in [0.15, 0.2) is 11.5 Å². The van der Waals surface area contributed by atoms with Gasteiger partial charge in [-0.3, -0.25) is 9.59 Å². The van der Waals surface area contributed by atoms with E-state index in [0.717, 1.165) is 46.5 Å². The van der Waals surface area contributed by atoms with Gasteiger partial charge in [0.1, 0.15) is 6.54 Å². The van der Waals surface area contributed by atoms with E-state index in [1.165, 1.54) is 31.2 Å². The molecule has 0 spiro atoms. The molecule has 2 amide bonds. The lowest BCUT2D eigenvalue weighted by molar-refractivity contribution is -0.137. The Bertz CT molecular complexity index is 1510. The van der Waals surface area contributed by atoms with E-state index in [1.54, 1.807) is 12.1 Å². The Balaban J connectivity index is 1.67. The highest BCUT2D eigenvalue weighted by atomic mass is 19.4. The quantitative estimate of drug-likeness (QED) is 0.295. The van der Waals surface area contributed by atoms with Gasteiger partial charge < -0.3 is 19.1 Å². The minimum absolute atomic E-state index is 0.0223. The van der Waals surface area contributed by atoms with Gasteiger partial charge in [-0.25, -0.2) is 5.01 Å². The average Bonchev–Trinajstić information content (AvgIpc) is 3.45. The van der Waals surface area contributed by atoms with Gasteiger partial charge in [0.2, 0.25) is 0 Å². The number of carbonyl (C=O) groups is 2. The van der Waals surface area contributed by atoms with E-state index in [9.17, 15) is 22.8 Å². The molecular weight excluding hydrogens is 563 g/mol. The van der Waals surface area contributed by atoms with E-state index in [0.29, 0.717) is 23.6 Å². The highest BCUT2D eigenvalue weighted by molar-refractivity contribution is 6.04. The zero-order valence-electron chi connectivity index (χ0n) is 24.7. The van der Waals surface area contributed by atoms with Crippen LogP contribution in [0.25, 0.3) is 0 Å². The summed E-state index contributed by atoms with van der Waals surface area (Å²) in [5.41, 5.74) is 3.70. The van der Waals surface area contributed by atoms with Crippen molar-refractivity contribution in [3.63, 3.8) is 0 Å². The number of amides is 2. The molecule has 11 heteroatoms. The first-order valence-corrected chi connectivity index (χ1v) is 13.6. The summed E-state index contributed by atoms with van der Waals surface area (Å²) in [7, 11) is 4.51. The number of nitrogens with zero attached hydrogens (tertiary/aromatic N) is 3. The fourth-order valence-electron chi connectivity index (χ4n) is 4.83. The van der Waals surface area contributed by atoms with Crippen LogP contribution in [0.4, 0.5) is 13.2 Å². The Morgan fingerprint density at radius 3 is 2.23 bits per heavy atom. The normalized spacial score (nSPS) is 14.8. The molecule has 0 bridgehead atoms. The molecule has 1 atom stereocenters. The fourth-order valence-corrected chi connectivity index (χ4v) is 4.83. The second-order valence-corrected chi connectivity index (χ2v) is 10.2. The molecule has 43 heavy (non-hydrogen) atoms. The molecule has 0 N–H and O–H groups in total. The number of aryl methyl sites for hydroxylation is 2. The fraction of sp³-hybridized carbons (Fsp3) is 0.344. The van der Waals surface area contributed by atoms with Crippen molar-refractivity contribution in [2.45, 2.75) is 32.5 Å². The molecular formula is C32H34F3N3O5. The van der Waals surface area contributed by atoms with Crippen molar-refractivity contribution in [2.75, 3.05) is 41.0 Å². The van der Waals surface area contributed by atoms with Crippen LogP contribution >= 0.6 is 0 Å². The van der Waals surface area contributed by atoms with Crippen molar-refractivity contribution >= 4 is 17.5 Å². The van der Waals surface area contributed by atoms with Gasteiger partial charge in [0, 0.05) is 25.6 Å². The summed E-state index contributed by atoms with van der Waals surface area (Å²) in [6, 6.07) is 14.7. The van der Waals surface area contributed by atoms with Crippen molar-refractivity contribution < 1.29 is 37.0 Å². The lowest BCUT2D eigenvalue weighted by Crippen LogP contribution is -2.42. The maximum Gasteiger partial charge on any atom is 0.416 e. The average molecular weight is 598 g/mol. The van der Waals surface area contributed by atoms with E-state index in [1.807, 2.05) is 38.1 Å². The maximum absolute atomic E-state index is 13.9. The van der Waals surface area contributed by atoms with E-state index in [-0.39, 0.29) is 25.3 Å². The number of halogens is 3. The largest absolute Gasteiger partial charge is 0.493 e. The number of rotatable bonds is 10. The Morgan fingerprint density at radius 2 is 1.63 bits per heavy atom. The molecule has 0 saturated carbocycles. The second kappa shape index (κ2) is 13.3. The van der Waals surface area contributed by atoms with Crippen LogP contribution in [0.3, 0.4) is 0 Å². The second-order valence-electron chi connectivity index (χ2n) is 10.2. The van der Waals surface area contributed by atoms with Gasteiger partial charge in [-0.05, 0) is 78.6 Å². The molecule has 1 unspecified atom stereocenters. The molecule has 1 aliphatic heterocycles. The number of hydrazone groups is 1. The van der Waals surface area contributed by atoms with Crippen LogP contribution < -0.4 is 9.47 Å². The first kappa shape index (κ1) is 31.6. The number of carbonyl (C=O) groups excluding carboxylic acids is 2. The Kier molecular flexibility index (Phi) is 9.75. The van der Waals surface area contributed by atoms with E-state index in [4.69, 9.17) is 19.3 Å². The summed E-state index contributed by atoms with van der Waals surface area (Å²) in [4.78, 5) is 28.5. The third-order valence-electron chi connectivity index (χ3n) is 7.44. The summed E-state index contributed by atoms with van der Waals surface area (Å²) >= 11 is 0. The Morgan fingerprint density at radius 1 is 0.930 bits per heavy atom. The van der Waals surface area contributed by atoms with E-state index >= 15 is 0 Å². The van der Waals surface area contributed by atoms with Gasteiger partial charge in [0.25, 0.3) is 11.8 Å². The standard InChI is InChI=1S/C32H34F3N3O5/c1-20-6-7-23(16-21(20)2)26-18-27(24-10-13-28(42-4)29(17-24)43-5)38(36-26)30(39)19-37(14-15-41-3)31(40)22-8-11-25(12-9-22)32(33,34)35/h6-13,16-17,27H,14-15,18-19H2,1-5H3. The molecule has 0 aliphatic carbocycles. The smallest absolute Gasteiger partial charge is 0.416 e. The summed E-state index contributed by atoms with van der Waals surface area (Å²) in [6.07, 6.45) is -4.12. The Hall–Kier alpha value is -4.38. The first-order chi connectivity index (χ1) is 20.5. The van der Waals surface area contributed by atoms with Crippen LogP contribution in [-0.4, -0.2) is 68.5 Å². The number of alkyl halides is 3. The van der Waals surface area contributed by atoms with Gasteiger partial charge in [0.05, 0.1) is 38.1 Å². The molecule has 1 heterocycles. The SMILES string of the molecule is COCCN(CC(=O)N1N=C(c2ccc(C)c(C)c2)CC1c1ccc(OC)c(OC)c1)C(=O)c1ccc(C(F)(F)F)cc1. The molecule has 0 fully saturated rings. The molecule has 228 valence electrons. The third-order valence-corrected chi connectivity index (χ3v) is 7.44. The maximum atomic E-state index is 13.9. The van der Waals surface area contributed by atoms with Crippen LogP contribution in [0.2, 0.25) is 0 Å². The van der Waals surface area contributed by atoms with Crippen molar-refractivity contribution in [3.05, 3.63) is 94.0 Å². The van der Waals surface area contributed by atoms with E-state index in [2.05, 4.69) is 0 Å². The lowest BCUT2D eigenvalue weighted by Gasteiger charge is -2.27. The van der Waals surface area contributed by atoms with Crippen LogP contribution in [0.15, 0.2) is 65.8 Å². The monoisotopic (exact) mass is 597 g/mol. The summed E-state index contributed by atoms with van der Waals surface area (Å²) < 4.78 is 55.2. The molecule has 0 aromatic heterocycles. The first-order valence-electron chi connectivity index (χ1n) is 13.6. The number of ether oxygens (including phenoxy) is 3. The minimum atomic E-state index is -4.53. The van der Waals surface area contributed by atoms with Crippen molar-refractivity contribution in [2.24, 2.45) is 5.10 Å². The zero-order valence-corrected chi connectivity index (χ0v) is 24.7. The van der Waals surface area contributed by atoms with Crippen LogP contribution in [0.5, 0.6) is 11.5 Å². The molecule has 3 aromatic rings. The molecule has 3 aromatic carbocycles. The van der Waals surface area contributed by atoms with Crippen molar-refractivity contribution in [3.8, 4) is 11.5 Å². The summed E-state index contributed by atoms with van der Waals surface area (Å²) in [5, 5.41) is 6.09. The van der Waals surface area contributed by atoms with Gasteiger partial charge >= 0.3 is 6.18 Å². The molecule has 0 radical (unpaired) electrons. The minimum Gasteiger partial charge on any atom is -0.493 e. The number of hydrogen-bond donors (Lipinski definition) is 0.